The highest BCUT2D eigenvalue weighted by Crippen LogP contribution is 2.29. The lowest BCUT2D eigenvalue weighted by molar-refractivity contribution is 0.252. The van der Waals surface area contributed by atoms with Gasteiger partial charge in [0.2, 0.25) is 0 Å². The highest BCUT2D eigenvalue weighted by atomic mass is 16.6. The Kier molecular flexibility index (Phi) is 4.99. The van der Waals surface area contributed by atoms with Crippen LogP contribution in [0.3, 0.4) is 0 Å². The number of epoxide rings is 1. The standard InChI is InChI=1S/C20H22O3/c1-3-15-4-6-16(7-5-15)8-9-17-10-11-19(20(12-17)21-2)23-14-18-13-22-18/h3-7,10-12,18H,1,8-9,13-14H2,2H3. The third kappa shape index (κ3) is 4.36. The second-order valence-corrected chi connectivity index (χ2v) is 5.70. The fraction of sp³-hybridized carbons (Fsp3) is 0.300. The van der Waals surface area contributed by atoms with Gasteiger partial charge in [-0.1, -0.05) is 43.0 Å². The number of ether oxygens (including phenoxy) is 3. The van der Waals surface area contributed by atoms with Crippen LogP contribution in [0.4, 0.5) is 0 Å². The summed E-state index contributed by atoms with van der Waals surface area (Å²) in [5.41, 5.74) is 3.71. The van der Waals surface area contributed by atoms with E-state index in [1.807, 2.05) is 12.1 Å². The molecule has 2 aromatic carbocycles. The zero-order chi connectivity index (χ0) is 16.1. The van der Waals surface area contributed by atoms with Crippen molar-refractivity contribution in [1.29, 1.82) is 0 Å². The van der Waals surface area contributed by atoms with Gasteiger partial charge in [0, 0.05) is 0 Å². The Morgan fingerprint density at radius 1 is 1.09 bits per heavy atom. The maximum Gasteiger partial charge on any atom is 0.161 e. The van der Waals surface area contributed by atoms with E-state index in [2.05, 4.69) is 43.0 Å². The first-order valence-electron chi connectivity index (χ1n) is 7.91. The van der Waals surface area contributed by atoms with Gasteiger partial charge in [0.1, 0.15) is 12.7 Å². The van der Waals surface area contributed by atoms with E-state index in [0.717, 1.165) is 36.5 Å². The molecule has 0 N–H and O–H groups in total. The molecule has 0 spiro atoms. The van der Waals surface area contributed by atoms with Crippen LogP contribution in [0, 0.1) is 0 Å². The molecule has 1 unspecified atom stereocenters. The fourth-order valence-corrected chi connectivity index (χ4v) is 2.44. The van der Waals surface area contributed by atoms with E-state index in [1.165, 1.54) is 11.1 Å². The number of benzene rings is 2. The molecule has 0 radical (unpaired) electrons. The predicted octanol–water partition coefficient (Wildman–Crippen LogP) is 3.90. The van der Waals surface area contributed by atoms with Gasteiger partial charge in [-0.25, -0.2) is 0 Å². The molecular weight excluding hydrogens is 288 g/mol. The van der Waals surface area contributed by atoms with Crippen LogP contribution in [0.1, 0.15) is 16.7 Å². The molecule has 0 aliphatic carbocycles. The average Bonchev–Trinajstić information content (AvgIpc) is 3.43. The van der Waals surface area contributed by atoms with Crippen molar-refractivity contribution < 1.29 is 14.2 Å². The Morgan fingerprint density at radius 3 is 2.43 bits per heavy atom. The van der Waals surface area contributed by atoms with Crippen molar-refractivity contribution in [2.75, 3.05) is 20.3 Å². The van der Waals surface area contributed by atoms with Crippen molar-refractivity contribution in [2.45, 2.75) is 18.9 Å². The van der Waals surface area contributed by atoms with Gasteiger partial charge in [-0.3, -0.25) is 0 Å². The maximum atomic E-state index is 5.74. The third-order valence-electron chi connectivity index (χ3n) is 3.97. The molecule has 0 bridgehead atoms. The molecule has 3 nitrogen and oxygen atoms in total. The SMILES string of the molecule is C=Cc1ccc(CCc2ccc(OCC3CO3)c(OC)c2)cc1. The summed E-state index contributed by atoms with van der Waals surface area (Å²) < 4.78 is 16.3. The quantitative estimate of drug-likeness (QED) is 0.693. The molecule has 2 aromatic rings. The monoisotopic (exact) mass is 310 g/mol. The summed E-state index contributed by atoms with van der Waals surface area (Å²) in [5.74, 6) is 1.56. The molecular formula is C20H22O3. The van der Waals surface area contributed by atoms with Crippen molar-refractivity contribution >= 4 is 6.08 Å². The Bertz CT molecular complexity index is 657. The van der Waals surface area contributed by atoms with Crippen LogP contribution >= 0.6 is 0 Å². The highest BCUT2D eigenvalue weighted by molar-refractivity contribution is 5.47. The largest absolute Gasteiger partial charge is 0.493 e. The molecule has 1 atom stereocenters. The van der Waals surface area contributed by atoms with Crippen molar-refractivity contribution in [3.05, 3.63) is 65.7 Å². The van der Waals surface area contributed by atoms with E-state index in [-0.39, 0.29) is 6.10 Å². The smallest absolute Gasteiger partial charge is 0.161 e. The molecule has 1 saturated heterocycles. The van der Waals surface area contributed by atoms with Gasteiger partial charge in [0.15, 0.2) is 11.5 Å². The molecule has 1 heterocycles. The maximum absolute atomic E-state index is 5.74. The summed E-state index contributed by atoms with van der Waals surface area (Å²) in [6.45, 7) is 5.16. The Hall–Kier alpha value is -2.26. The molecule has 1 fully saturated rings. The van der Waals surface area contributed by atoms with Crippen molar-refractivity contribution in [1.82, 2.24) is 0 Å². The Labute approximate surface area is 137 Å². The Morgan fingerprint density at radius 2 is 1.78 bits per heavy atom. The molecule has 0 saturated carbocycles. The van der Waals surface area contributed by atoms with Gasteiger partial charge in [0.05, 0.1) is 13.7 Å². The molecule has 1 aliphatic rings. The van der Waals surface area contributed by atoms with E-state index in [1.54, 1.807) is 7.11 Å². The summed E-state index contributed by atoms with van der Waals surface area (Å²) >= 11 is 0. The molecule has 23 heavy (non-hydrogen) atoms. The first kappa shape index (κ1) is 15.6. The van der Waals surface area contributed by atoms with Crippen molar-refractivity contribution in [3.8, 4) is 11.5 Å². The van der Waals surface area contributed by atoms with E-state index in [9.17, 15) is 0 Å². The summed E-state index contributed by atoms with van der Waals surface area (Å²) in [5, 5.41) is 0. The second kappa shape index (κ2) is 7.34. The molecule has 0 aromatic heterocycles. The fourth-order valence-electron chi connectivity index (χ4n) is 2.44. The zero-order valence-electron chi connectivity index (χ0n) is 13.5. The predicted molar refractivity (Wildman–Crippen MR) is 92.2 cm³/mol. The summed E-state index contributed by atoms with van der Waals surface area (Å²) in [4.78, 5) is 0. The highest BCUT2D eigenvalue weighted by Gasteiger charge is 2.23. The first-order chi connectivity index (χ1) is 11.3. The van der Waals surface area contributed by atoms with Crippen molar-refractivity contribution in [2.24, 2.45) is 0 Å². The number of rotatable bonds is 8. The summed E-state index contributed by atoms with van der Waals surface area (Å²) in [6, 6.07) is 14.6. The Balaban J connectivity index is 1.61. The van der Waals surface area contributed by atoms with E-state index in [0.29, 0.717) is 6.61 Å². The number of methoxy groups -OCH3 is 1. The summed E-state index contributed by atoms with van der Waals surface area (Å²) in [7, 11) is 1.67. The number of aryl methyl sites for hydroxylation is 2. The molecule has 3 rings (SSSR count). The lowest BCUT2D eigenvalue weighted by Gasteiger charge is -2.11. The number of hydrogen-bond donors (Lipinski definition) is 0. The van der Waals surface area contributed by atoms with Gasteiger partial charge < -0.3 is 14.2 Å². The van der Waals surface area contributed by atoms with Gasteiger partial charge in [-0.2, -0.15) is 0 Å². The topological polar surface area (TPSA) is 31.0 Å². The minimum atomic E-state index is 0.248. The van der Waals surface area contributed by atoms with Gasteiger partial charge in [0.25, 0.3) is 0 Å². The van der Waals surface area contributed by atoms with E-state index >= 15 is 0 Å². The number of hydrogen-bond acceptors (Lipinski definition) is 3. The second-order valence-electron chi connectivity index (χ2n) is 5.70. The van der Waals surface area contributed by atoms with Gasteiger partial charge in [-0.05, 0) is 41.7 Å². The van der Waals surface area contributed by atoms with Crippen LogP contribution in [-0.4, -0.2) is 26.4 Å². The molecule has 0 amide bonds. The zero-order valence-corrected chi connectivity index (χ0v) is 13.5. The first-order valence-corrected chi connectivity index (χ1v) is 7.91. The molecule has 120 valence electrons. The van der Waals surface area contributed by atoms with E-state index in [4.69, 9.17) is 14.2 Å². The van der Waals surface area contributed by atoms with Crippen LogP contribution in [-0.2, 0) is 17.6 Å². The van der Waals surface area contributed by atoms with Crippen LogP contribution < -0.4 is 9.47 Å². The lowest BCUT2D eigenvalue weighted by Crippen LogP contribution is -2.05. The molecule has 3 heteroatoms. The van der Waals surface area contributed by atoms with Crippen LogP contribution in [0.5, 0.6) is 11.5 Å². The minimum Gasteiger partial charge on any atom is -0.493 e. The van der Waals surface area contributed by atoms with Crippen molar-refractivity contribution in [3.63, 3.8) is 0 Å². The minimum absolute atomic E-state index is 0.248. The van der Waals surface area contributed by atoms with E-state index < -0.39 is 0 Å². The molecule has 1 aliphatic heterocycles. The average molecular weight is 310 g/mol. The van der Waals surface area contributed by atoms with Gasteiger partial charge >= 0.3 is 0 Å². The van der Waals surface area contributed by atoms with Crippen LogP contribution in [0.2, 0.25) is 0 Å². The third-order valence-corrected chi connectivity index (χ3v) is 3.97. The normalized spacial score (nSPS) is 16.0. The lowest BCUT2D eigenvalue weighted by atomic mass is 10.0. The van der Waals surface area contributed by atoms with Crippen LogP contribution in [0.25, 0.3) is 6.08 Å². The van der Waals surface area contributed by atoms with Gasteiger partial charge in [-0.15, -0.1) is 0 Å². The summed E-state index contributed by atoms with van der Waals surface area (Å²) in [6.07, 6.45) is 4.07. The van der Waals surface area contributed by atoms with Crippen LogP contribution in [0.15, 0.2) is 49.0 Å².